The number of carbonyl (C=O) groups excluding carboxylic acids is 2. The molecule has 0 spiro atoms. The van der Waals surface area contributed by atoms with E-state index in [-0.39, 0.29) is 23.7 Å². The van der Waals surface area contributed by atoms with E-state index in [9.17, 15) is 9.59 Å². The van der Waals surface area contributed by atoms with Crippen molar-refractivity contribution in [1.29, 1.82) is 0 Å². The van der Waals surface area contributed by atoms with Crippen LogP contribution in [0.1, 0.15) is 24.8 Å². The van der Waals surface area contributed by atoms with E-state index in [1.807, 2.05) is 19.1 Å². The number of rotatable bonds is 3. The fourth-order valence-electron chi connectivity index (χ4n) is 2.51. The molecule has 1 aromatic rings. The van der Waals surface area contributed by atoms with E-state index in [1.54, 1.807) is 17.0 Å². The fourth-order valence-corrected chi connectivity index (χ4v) is 2.71. The number of ether oxygens (including phenoxy) is 1. The molecule has 0 N–H and O–H groups in total. The van der Waals surface area contributed by atoms with Gasteiger partial charge in [-0.25, -0.2) is 0 Å². The monoisotopic (exact) mass is 295 g/mol. The molecule has 0 aromatic heterocycles. The minimum absolute atomic E-state index is 0.0265. The highest BCUT2D eigenvalue weighted by Gasteiger charge is 2.33. The summed E-state index contributed by atoms with van der Waals surface area (Å²) in [5.74, 6) is -0.671. The summed E-state index contributed by atoms with van der Waals surface area (Å²) in [6.07, 6.45) is 0.667. The summed E-state index contributed by atoms with van der Waals surface area (Å²) >= 11 is 5.95. The molecule has 1 aromatic carbocycles. The molecule has 1 aliphatic heterocycles. The van der Waals surface area contributed by atoms with Crippen molar-refractivity contribution in [3.8, 4) is 0 Å². The van der Waals surface area contributed by atoms with E-state index in [1.165, 1.54) is 7.11 Å². The molecule has 4 nitrogen and oxygen atoms in total. The van der Waals surface area contributed by atoms with E-state index in [0.717, 1.165) is 5.56 Å². The zero-order valence-electron chi connectivity index (χ0n) is 11.6. The van der Waals surface area contributed by atoms with E-state index >= 15 is 0 Å². The van der Waals surface area contributed by atoms with Gasteiger partial charge in [-0.15, -0.1) is 0 Å². The summed E-state index contributed by atoms with van der Waals surface area (Å²) in [6, 6.07) is 7.31. The van der Waals surface area contributed by atoms with E-state index in [2.05, 4.69) is 0 Å². The molecular weight excluding hydrogens is 278 g/mol. The minimum Gasteiger partial charge on any atom is -0.469 e. The van der Waals surface area contributed by atoms with Crippen LogP contribution in [0.4, 0.5) is 0 Å². The molecule has 1 aliphatic rings. The van der Waals surface area contributed by atoms with Crippen molar-refractivity contribution in [2.75, 3.05) is 20.2 Å². The normalized spacial score (nSPS) is 19.8. The van der Waals surface area contributed by atoms with Crippen molar-refractivity contribution in [2.24, 2.45) is 5.92 Å². The van der Waals surface area contributed by atoms with E-state index in [0.29, 0.717) is 24.5 Å². The highest BCUT2D eigenvalue weighted by molar-refractivity contribution is 6.30. The SMILES string of the molecule is COC(=O)[C@@H]1CCN(C(=O)[C@H](C)c2cccc(Cl)c2)C1. The molecular formula is C15H18ClNO3. The number of methoxy groups -OCH3 is 1. The van der Waals surface area contributed by atoms with Gasteiger partial charge in [0.2, 0.25) is 5.91 Å². The smallest absolute Gasteiger partial charge is 0.310 e. The summed E-state index contributed by atoms with van der Waals surface area (Å²) < 4.78 is 4.73. The lowest BCUT2D eigenvalue weighted by Crippen LogP contribution is -2.33. The number of hydrogen-bond acceptors (Lipinski definition) is 3. The van der Waals surface area contributed by atoms with Crippen molar-refractivity contribution < 1.29 is 14.3 Å². The first-order chi connectivity index (χ1) is 9.52. The summed E-state index contributed by atoms with van der Waals surface area (Å²) in [7, 11) is 1.38. The summed E-state index contributed by atoms with van der Waals surface area (Å²) in [6.45, 7) is 2.90. The molecule has 0 unspecified atom stereocenters. The number of benzene rings is 1. The lowest BCUT2D eigenvalue weighted by atomic mass is 10.00. The van der Waals surface area contributed by atoms with Crippen LogP contribution in [0.3, 0.4) is 0 Å². The Morgan fingerprint density at radius 2 is 2.20 bits per heavy atom. The average Bonchev–Trinajstić information content (AvgIpc) is 2.94. The van der Waals surface area contributed by atoms with Crippen LogP contribution in [0.5, 0.6) is 0 Å². The maximum Gasteiger partial charge on any atom is 0.310 e. The highest BCUT2D eigenvalue weighted by Crippen LogP contribution is 2.25. The number of nitrogens with zero attached hydrogens (tertiary/aromatic N) is 1. The van der Waals surface area contributed by atoms with Gasteiger partial charge in [0.05, 0.1) is 18.9 Å². The van der Waals surface area contributed by atoms with Crippen LogP contribution >= 0.6 is 11.6 Å². The van der Waals surface area contributed by atoms with Crippen LogP contribution in [0.2, 0.25) is 5.02 Å². The summed E-state index contributed by atoms with van der Waals surface area (Å²) in [5.41, 5.74) is 0.893. The van der Waals surface area contributed by atoms with Crippen LogP contribution in [-0.4, -0.2) is 37.0 Å². The number of likely N-dealkylation sites (tertiary alicyclic amines) is 1. The minimum atomic E-state index is -0.259. The average molecular weight is 296 g/mol. The Kier molecular flexibility index (Phi) is 4.65. The van der Waals surface area contributed by atoms with Gasteiger partial charge in [-0.2, -0.15) is 0 Å². The van der Waals surface area contributed by atoms with Gasteiger partial charge >= 0.3 is 5.97 Å². The molecule has 1 saturated heterocycles. The standard InChI is InChI=1S/C15H18ClNO3/c1-10(11-4-3-5-13(16)8-11)14(18)17-7-6-12(9-17)15(19)20-2/h3-5,8,10,12H,6-7,9H2,1-2H3/t10-,12-/m1/s1. The van der Waals surface area contributed by atoms with Gasteiger partial charge in [-0.1, -0.05) is 23.7 Å². The van der Waals surface area contributed by atoms with Crippen LogP contribution in [-0.2, 0) is 14.3 Å². The number of halogens is 1. The van der Waals surface area contributed by atoms with Crippen molar-refractivity contribution in [3.63, 3.8) is 0 Å². The molecule has 108 valence electrons. The predicted octanol–water partition coefficient (Wildman–Crippen LogP) is 2.47. The van der Waals surface area contributed by atoms with Gasteiger partial charge in [0.15, 0.2) is 0 Å². The Balaban J connectivity index is 2.03. The third-order valence-corrected chi connectivity index (χ3v) is 3.99. The number of carbonyl (C=O) groups is 2. The number of esters is 1. The molecule has 0 bridgehead atoms. The second-order valence-corrected chi connectivity index (χ2v) is 5.51. The topological polar surface area (TPSA) is 46.6 Å². The van der Waals surface area contributed by atoms with Gasteiger partial charge in [-0.05, 0) is 31.0 Å². The highest BCUT2D eigenvalue weighted by atomic mass is 35.5. The zero-order chi connectivity index (χ0) is 14.7. The first kappa shape index (κ1) is 14.9. The van der Waals surface area contributed by atoms with Crippen molar-refractivity contribution >= 4 is 23.5 Å². The maximum absolute atomic E-state index is 12.4. The fraction of sp³-hybridized carbons (Fsp3) is 0.467. The lowest BCUT2D eigenvalue weighted by Gasteiger charge is -2.21. The number of amides is 1. The third-order valence-electron chi connectivity index (χ3n) is 3.75. The second kappa shape index (κ2) is 6.27. The Labute approximate surface area is 123 Å². The Morgan fingerprint density at radius 3 is 2.85 bits per heavy atom. The first-order valence-corrected chi connectivity index (χ1v) is 7.02. The first-order valence-electron chi connectivity index (χ1n) is 6.65. The van der Waals surface area contributed by atoms with Gasteiger partial charge in [-0.3, -0.25) is 9.59 Å². The Hall–Kier alpha value is -1.55. The van der Waals surface area contributed by atoms with Gasteiger partial charge in [0, 0.05) is 18.1 Å². The molecule has 2 atom stereocenters. The molecule has 5 heteroatoms. The summed E-state index contributed by atoms with van der Waals surface area (Å²) in [5, 5.41) is 0.621. The van der Waals surface area contributed by atoms with Gasteiger partial charge in [0.1, 0.15) is 0 Å². The van der Waals surface area contributed by atoms with Crippen LogP contribution in [0, 0.1) is 5.92 Å². The van der Waals surface area contributed by atoms with Crippen molar-refractivity contribution in [1.82, 2.24) is 4.90 Å². The van der Waals surface area contributed by atoms with Crippen LogP contribution in [0.25, 0.3) is 0 Å². The van der Waals surface area contributed by atoms with Crippen molar-refractivity contribution in [2.45, 2.75) is 19.3 Å². The Bertz CT molecular complexity index is 518. The van der Waals surface area contributed by atoms with Gasteiger partial charge in [0.25, 0.3) is 0 Å². The number of hydrogen-bond donors (Lipinski definition) is 0. The third kappa shape index (κ3) is 3.12. The summed E-state index contributed by atoms with van der Waals surface area (Å²) in [4.78, 5) is 25.7. The Morgan fingerprint density at radius 1 is 1.45 bits per heavy atom. The molecule has 20 heavy (non-hydrogen) atoms. The molecule has 1 amide bonds. The molecule has 1 fully saturated rings. The largest absolute Gasteiger partial charge is 0.469 e. The lowest BCUT2D eigenvalue weighted by molar-refractivity contribution is -0.145. The van der Waals surface area contributed by atoms with Crippen LogP contribution < -0.4 is 0 Å². The zero-order valence-corrected chi connectivity index (χ0v) is 12.4. The second-order valence-electron chi connectivity index (χ2n) is 5.07. The molecule has 1 heterocycles. The predicted molar refractivity (Wildman–Crippen MR) is 76.6 cm³/mol. The molecule has 0 aliphatic carbocycles. The molecule has 0 saturated carbocycles. The van der Waals surface area contributed by atoms with Crippen LogP contribution in [0.15, 0.2) is 24.3 Å². The molecule has 2 rings (SSSR count). The van der Waals surface area contributed by atoms with Gasteiger partial charge < -0.3 is 9.64 Å². The quantitative estimate of drug-likeness (QED) is 0.805. The van der Waals surface area contributed by atoms with E-state index < -0.39 is 0 Å². The maximum atomic E-state index is 12.4. The van der Waals surface area contributed by atoms with Crippen molar-refractivity contribution in [3.05, 3.63) is 34.9 Å². The van der Waals surface area contributed by atoms with E-state index in [4.69, 9.17) is 16.3 Å². The molecule has 0 radical (unpaired) electrons.